The summed E-state index contributed by atoms with van der Waals surface area (Å²) in [5, 5.41) is 6.25. The monoisotopic (exact) mass is 442 g/mol. The van der Waals surface area contributed by atoms with Crippen molar-refractivity contribution in [1.29, 1.82) is 0 Å². The first-order valence-corrected chi connectivity index (χ1v) is 9.39. The van der Waals surface area contributed by atoms with E-state index in [0.717, 1.165) is 4.47 Å². The van der Waals surface area contributed by atoms with Gasteiger partial charge in [-0.2, -0.15) is 0 Å². The molecule has 0 spiro atoms. The first kappa shape index (κ1) is 19.1. The Morgan fingerprint density at radius 3 is 2.33 bits per heavy atom. The molecule has 0 aromatic heterocycles. The minimum Gasteiger partial charge on any atom is -0.376 e. The Hall–Kier alpha value is -2.63. The van der Waals surface area contributed by atoms with Gasteiger partial charge in [0.05, 0.1) is 17.3 Å². The number of hydrogen-bond acceptors (Lipinski definition) is 3. The third kappa shape index (κ3) is 4.96. The largest absolute Gasteiger partial charge is 0.376 e. The smallest absolute Gasteiger partial charge is 0.243 e. The van der Waals surface area contributed by atoms with Gasteiger partial charge in [0.1, 0.15) is 0 Å². The zero-order chi connectivity index (χ0) is 19.2. The van der Waals surface area contributed by atoms with Crippen LogP contribution in [0.4, 0.5) is 11.4 Å². The van der Waals surface area contributed by atoms with E-state index in [1.165, 1.54) is 0 Å². The number of amides is 1. The van der Waals surface area contributed by atoms with Gasteiger partial charge in [-0.1, -0.05) is 70.0 Å². The molecular weight excluding hydrogens is 428 g/mol. The van der Waals surface area contributed by atoms with Crippen molar-refractivity contribution in [3.05, 3.63) is 93.4 Å². The predicted octanol–water partition coefficient (Wildman–Crippen LogP) is 5.38. The highest BCUT2D eigenvalue weighted by Crippen LogP contribution is 2.24. The normalized spacial score (nSPS) is 10.3. The molecule has 2 N–H and O–H groups in total. The third-order valence-corrected chi connectivity index (χ3v) is 4.67. The van der Waals surface area contributed by atoms with Gasteiger partial charge < -0.3 is 10.6 Å². The Morgan fingerprint density at radius 2 is 1.59 bits per heavy atom. The average Bonchev–Trinajstić information content (AvgIpc) is 2.69. The minimum absolute atomic E-state index is 0.00191. The van der Waals surface area contributed by atoms with Crippen LogP contribution in [0.5, 0.6) is 0 Å². The van der Waals surface area contributed by atoms with E-state index in [1.807, 2.05) is 24.3 Å². The third-order valence-electron chi connectivity index (χ3n) is 3.85. The van der Waals surface area contributed by atoms with Crippen LogP contribution in [0.3, 0.4) is 0 Å². The molecule has 0 aliphatic rings. The molecule has 0 saturated heterocycles. The molecule has 3 aromatic carbocycles. The van der Waals surface area contributed by atoms with Crippen LogP contribution in [0.1, 0.15) is 15.9 Å². The maximum Gasteiger partial charge on any atom is 0.243 e. The van der Waals surface area contributed by atoms with E-state index in [9.17, 15) is 9.59 Å². The number of para-hydroxylation sites is 1. The standard InChI is InChI=1S/C21H16BrClN2O2/c22-15-10-11-18(16(12-15)21(27)14-6-2-1-3-7-14)24-13-20(26)25-19-9-5-4-8-17(19)23/h1-12,24H,13H2,(H,25,26). The fourth-order valence-electron chi connectivity index (χ4n) is 2.54. The second-order valence-electron chi connectivity index (χ2n) is 5.77. The van der Waals surface area contributed by atoms with Gasteiger partial charge in [0, 0.05) is 21.3 Å². The summed E-state index contributed by atoms with van der Waals surface area (Å²) in [6.07, 6.45) is 0. The van der Waals surface area contributed by atoms with Crippen molar-refractivity contribution in [3.63, 3.8) is 0 Å². The van der Waals surface area contributed by atoms with Gasteiger partial charge >= 0.3 is 0 Å². The van der Waals surface area contributed by atoms with Crippen molar-refractivity contribution in [2.45, 2.75) is 0 Å². The number of benzene rings is 3. The lowest BCUT2D eigenvalue weighted by Crippen LogP contribution is -2.22. The van der Waals surface area contributed by atoms with E-state index in [-0.39, 0.29) is 18.2 Å². The van der Waals surface area contributed by atoms with Crippen molar-refractivity contribution >= 4 is 50.6 Å². The molecular formula is C21H16BrClN2O2. The van der Waals surface area contributed by atoms with E-state index in [1.54, 1.807) is 48.5 Å². The zero-order valence-electron chi connectivity index (χ0n) is 14.2. The molecule has 6 heteroatoms. The highest BCUT2D eigenvalue weighted by molar-refractivity contribution is 9.10. The first-order chi connectivity index (χ1) is 13.0. The number of rotatable bonds is 6. The second-order valence-corrected chi connectivity index (χ2v) is 7.09. The lowest BCUT2D eigenvalue weighted by Gasteiger charge is -2.13. The molecule has 0 atom stereocenters. The van der Waals surface area contributed by atoms with Crippen LogP contribution >= 0.6 is 27.5 Å². The number of carbonyl (C=O) groups is 2. The highest BCUT2D eigenvalue weighted by atomic mass is 79.9. The van der Waals surface area contributed by atoms with Gasteiger partial charge in [-0.25, -0.2) is 0 Å². The number of halogens is 2. The SMILES string of the molecule is O=C(CNc1ccc(Br)cc1C(=O)c1ccccc1)Nc1ccccc1Cl. The molecule has 0 saturated carbocycles. The summed E-state index contributed by atoms with van der Waals surface area (Å²) in [6.45, 7) is 0.00191. The number of carbonyl (C=O) groups excluding carboxylic acids is 2. The van der Waals surface area contributed by atoms with Gasteiger partial charge in [0.25, 0.3) is 0 Å². The van der Waals surface area contributed by atoms with E-state index in [2.05, 4.69) is 26.6 Å². The predicted molar refractivity (Wildman–Crippen MR) is 113 cm³/mol. The Labute approximate surface area is 170 Å². The minimum atomic E-state index is -0.260. The van der Waals surface area contributed by atoms with Crippen LogP contribution in [0, 0.1) is 0 Å². The number of nitrogens with one attached hydrogen (secondary N) is 2. The van der Waals surface area contributed by atoms with Gasteiger partial charge in [-0.3, -0.25) is 9.59 Å². The summed E-state index contributed by atoms with van der Waals surface area (Å²) in [7, 11) is 0. The topological polar surface area (TPSA) is 58.2 Å². The van der Waals surface area contributed by atoms with Crippen LogP contribution in [0.2, 0.25) is 5.02 Å². The number of anilines is 2. The lowest BCUT2D eigenvalue weighted by molar-refractivity contribution is -0.114. The number of ketones is 1. The van der Waals surface area contributed by atoms with Crippen LogP contribution in [0.15, 0.2) is 77.3 Å². The summed E-state index contributed by atoms with van der Waals surface area (Å²) < 4.78 is 0.785. The van der Waals surface area contributed by atoms with Crippen LogP contribution in [0.25, 0.3) is 0 Å². The molecule has 0 unspecified atom stereocenters. The van der Waals surface area contributed by atoms with Gasteiger partial charge in [0.2, 0.25) is 5.91 Å². The molecule has 0 aliphatic carbocycles. The summed E-state index contributed by atoms with van der Waals surface area (Å²) >= 11 is 9.45. The Kier molecular flexibility index (Phi) is 6.27. The van der Waals surface area contributed by atoms with Crippen molar-refractivity contribution < 1.29 is 9.59 Å². The Bertz CT molecular complexity index is 977. The summed E-state index contributed by atoms with van der Waals surface area (Å²) in [4.78, 5) is 25.1. The number of hydrogen-bond donors (Lipinski definition) is 2. The fourth-order valence-corrected chi connectivity index (χ4v) is 3.08. The van der Waals surface area contributed by atoms with Crippen molar-refractivity contribution in [1.82, 2.24) is 0 Å². The van der Waals surface area contributed by atoms with Crippen molar-refractivity contribution in [2.24, 2.45) is 0 Å². The van der Waals surface area contributed by atoms with Crippen LogP contribution in [-0.4, -0.2) is 18.2 Å². The van der Waals surface area contributed by atoms with Crippen molar-refractivity contribution in [3.8, 4) is 0 Å². The van der Waals surface area contributed by atoms with E-state index in [4.69, 9.17) is 11.6 Å². The Morgan fingerprint density at radius 1 is 0.889 bits per heavy atom. The van der Waals surface area contributed by atoms with Crippen LogP contribution in [-0.2, 0) is 4.79 Å². The molecule has 0 bridgehead atoms. The molecule has 27 heavy (non-hydrogen) atoms. The molecule has 4 nitrogen and oxygen atoms in total. The average molecular weight is 444 g/mol. The molecule has 0 radical (unpaired) electrons. The summed E-state index contributed by atoms with van der Waals surface area (Å²) in [5.41, 5.74) is 2.20. The highest BCUT2D eigenvalue weighted by Gasteiger charge is 2.15. The molecule has 3 rings (SSSR count). The first-order valence-electron chi connectivity index (χ1n) is 8.22. The van der Waals surface area contributed by atoms with Gasteiger partial charge in [0.15, 0.2) is 5.78 Å². The zero-order valence-corrected chi connectivity index (χ0v) is 16.5. The molecule has 3 aromatic rings. The maximum atomic E-state index is 12.8. The molecule has 136 valence electrons. The quantitative estimate of drug-likeness (QED) is 0.503. The fraction of sp³-hybridized carbons (Fsp3) is 0.0476. The van der Waals surface area contributed by atoms with Gasteiger partial charge in [-0.15, -0.1) is 0 Å². The lowest BCUT2D eigenvalue weighted by atomic mass is 10.0. The van der Waals surface area contributed by atoms with E-state index < -0.39 is 0 Å². The molecule has 0 fully saturated rings. The van der Waals surface area contributed by atoms with E-state index in [0.29, 0.717) is 27.5 Å². The summed E-state index contributed by atoms with van der Waals surface area (Å²) in [6, 6.07) is 21.3. The Balaban J connectivity index is 1.74. The van der Waals surface area contributed by atoms with Gasteiger partial charge in [-0.05, 0) is 30.3 Å². The molecule has 1 amide bonds. The second kappa shape index (κ2) is 8.84. The van der Waals surface area contributed by atoms with E-state index >= 15 is 0 Å². The summed E-state index contributed by atoms with van der Waals surface area (Å²) in [5.74, 6) is -0.380. The van der Waals surface area contributed by atoms with Crippen LogP contribution < -0.4 is 10.6 Å². The maximum absolute atomic E-state index is 12.8. The molecule has 0 heterocycles. The van der Waals surface area contributed by atoms with Crippen molar-refractivity contribution in [2.75, 3.05) is 17.2 Å². The molecule has 0 aliphatic heterocycles.